The smallest absolute Gasteiger partial charge is 0.355 e. The van der Waals surface area contributed by atoms with Gasteiger partial charge in [-0.3, -0.25) is 0 Å². The Hall–Kier alpha value is -3.41. The molecule has 0 fully saturated rings. The van der Waals surface area contributed by atoms with Gasteiger partial charge in [-0.2, -0.15) is 5.10 Å². The number of nitrogens with zero attached hydrogens (tertiary/aromatic N) is 2. The molecule has 0 aliphatic rings. The maximum absolute atomic E-state index is 12.9. The molecule has 2 heterocycles. The monoisotopic (exact) mass is 444 g/mol. The van der Waals surface area contributed by atoms with E-state index in [0.29, 0.717) is 15.6 Å². The first kappa shape index (κ1) is 19.5. The van der Waals surface area contributed by atoms with Gasteiger partial charge in [-0.25, -0.2) is 9.48 Å². The van der Waals surface area contributed by atoms with Crippen LogP contribution in [-0.4, -0.2) is 15.7 Å². The van der Waals surface area contributed by atoms with E-state index in [9.17, 15) is 4.79 Å². The summed E-state index contributed by atoms with van der Waals surface area (Å²) in [6.07, 6.45) is 0. The quantitative estimate of drug-likeness (QED) is 0.223. The fourth-order valence-corrected chi connectivity index (χ4v) is 4.85. The van der Waals surface area contributed by atoms with Crippen LogP contribution in [0.5, 0.6) is 5.75 Å². The molecule has 0 atom stereocenters. The summed E-state index contributed by atoms with van der Waals surface area (Å²) in [5.41, 5.74) is 3.73. The molecule has 3 aromatic carbocycles. The molecule has 0 aliphatic heterocycles. The highest BCUT2D eigenvalue weighted by Gasteiger charge is 2.26. The Balaban J connectivity index is 1.68. The topological polar surface area (TPSA) is 44.1 Å². The number of aromatic nitrogens is 2. The zero-order valence-electron chi connectivity index (χ0n) is 16.6. The van der Waals surface area contributed by atoms with Crippen molar-refractivity contribution in [3.8, 4) is 22.7 Å². The summed E-state index contributed by atoms with van der Waals surface area (Å²) in [4.78, 5) is 14.1. The third kappa shape index (κ3) is 3.63. The molecule has 5 rings (SSSR count). The number of para-hydroxylation sites is 2. The Bertz CT molecular complexity index is 1370. The molecule has 5 aromatic rings. The number of fused-ring (bicyclic) bond motifs is 1. The summed E-state index contributed by atoms with van der Waals surface area (Å²) in [7, 11) is 0. The number of thiophene rings is 1. The zero-order valence-corrected chi connectivity index (χ0v) is 18.2. The summed E-state index contributed by atoms with van der Waals surface area (Å²) in [5.74, 6) is -0.00339. The first-order valence-corrected chi connectivity index (χ1v) is 10.9. The van der Waals surface area contributed by atoms with Gasteiger partial charge < -0.3 is 4.74 Å². The highest BCUT2D eigenvalue weighted by atomic mass is 35.5. The first-order chi connectivity index (χ1) is 15.1. The van der Waals surface area contributed by atoms with E-state index in [0.717, 1.165) is 32.7 Å². The van der Waals surface area contributed by atoms with Crippen molar-refractivity contribution in [2.75, 3.05) is 0 Å². The minimum Gasteiger partial charge on any atom is -0.422 e. The van der Waals surface area contributed by atoms with Crippen molar-refractivity contribution in [2.45, 2.75) is 6.92 Å². The summed E-state index contributed by atoms with van der Waals surface area (Å²) in [5, 5.41) is 5.96. The lowest BCUT2D eigenvalue weighted by atomic mass is 10.1. The number of esters is 1. The molecule has 0 saturated heterocycles. The molecule has 0 aliphatic carbocycles. The maximum atomic E-state index is 12.9. The van der Waals surface area contributed by atoms with Gasteiger partial charge in [0.15, 0.2) is 0 Å². The van der Waals surface area contributed by atoms with Gasteiger partial charge in [0.25, 0.3) is 0 Å². The standard InChI is InChI=1S/C25H17ClN2O2S/c1-16-12-14-17(15-13-16)22-20-21(26)23(25(29)30-19-10-6-3-7-11-19)31-24(20)28(27-22)18-8-4-2-5-9-18/h2-15H,1H3. The molecule has 0 radical (unpaired) electrons. The number of halogens is 1. The second kappa shape index (κ2) is 8.02. The van der Waals surface area contributed by atoms with Crippen LogP contribution in [0.2, 0.25) is 5.02 Å². The van der Waals surface area contributed by atoms with E-state index >= 15 is 0 Å². The van der Waals surface area contributed by atoms with Crippen molar-refractivity contribution in [2.24, 2.45) is 0 Å². The highest BCUT2D eigenvalue weighted by Crippen LogP contribution is 2.42. The highest BCUT2D eigenvalue weighted by molar-refractivity contribution is 7.21. The lowest BCUT2D eigenvalue weighted by Gasteiger charge is -2.04. The number of carbonyl (C=O) groups excluding carboxylic acids is 1. The normalized spacial score (nSPS) is 11.0. The van der Waals surface area contributed by atoms with Crippen LogP contribution >= 0.6 is 22.9 Å². The fourth-order valence-electron chi connectivity index (χ4n) is 3.38. The van der Waals surface area contributed by atoms with Gasteiger partial charge in [0.2, 0.25) is 0 Å². The van der Waals surface area contributed by atoms with Crippen molar-refractivity contribution in [3.05, 3.63) is 100 Å². The number of hydrogen-bond acceptors (Lipinski definition) is 4. The maximum Gasteiger partial charge on any atom is 0.355 e. The Morgan fingerprint density at radius 3 is 2.26 bits per heavy atom. The molecule has 152 valence electrons. The minimum atomic E-state index is -0.480. The number of hydrogen-bond donors (Lipinski definition) is 0. The fraction of sp³-hybridized carbons (Fsp3) is 0.0400. The van der Waals surface area contributed by atoms with Crippen molar-refractivity contribution < 1.29 is 9.53 Å². The van der Waals surface area contributed by atoms with Gasteiger partial charge in [0.05, 0.1) is 16.1 Å². The molecular weight excluding hydrogens is 428 g/mol. The summed E-state index contributed by atoms with van der Waals surface area (Å²) < 4.78 is 7.38. The van der Waals surface area contributed by atoms with Crippen LogP contribution in [0.1, 0.15) is 15.2 Å². The van der Waals surface area contributed by atoms with Gasteiger partial charge in [0, 0.05) is 5.56 Å². The van der Waals surface area contributed by atoms with Crippen LogP contribution < -0.4 is 4.74 Å². The van der Waals surface area contributed by atoms with Gasteiger partial charge in [-0.05, 0) is 31.2 Å². The van der Waals surface area contributed by atoms with Crippen LogP contribution in [0.3, 0.4) is 0 Å². The predicted octanol–water partition coefficient (Wildman–Crippen LogP) is 6.94. The van der Waals surface area contributed by atoms with E-state index in [-0.39, 0.29) is 0 Å². The van der Waals surface area contributed by atoms with E-state index in [1.807, 2.05) is 84.4 Å². The molecule has 6 heteroatoms. The SMILES string of the molecule is Cc1ccc(-c2nn(-c3ccccc3)c3sc(C(=O)Oc4ccccc4)c(Cl)c23)cc1. The predicted molar refractivity (Wildman–Crippen MR) is 126 cm³/mol. The largest absolute Gasteiger partial charge is 0.422 e. The van der Waals surface area contributed by atoms with E-state index in [4.69, 9.17) is 21.4 Å². The van der Waals surface area contributed by atoms with Crippen molar-refractivity contribution in [3.63, 3.8) is 0 Å². The molecule has 0 bridgehead atoms. The second-order valence-corrected chi connectivity index (χ2v) is 8.47. The number of rotatable bonds is 4. The third-order valence-electron chi connectivity index (χ3n) is 4.93. The Morgan fingerprint density at radius 1 is 0.935 bits per heavy atom. The Morgan fingerprint density at radius 2 is 1.58 bits per heavy atom. The summed E-state index contributed by atoms with van der Waals surface area (Å²) in [6, 6.07) is 26.9. The van der Waals surface area contributed by atoms with Crippen LogP contribution in [0.4, 0.5) is 0 Å². The number of ether oxygens (including phenoxy) is 1. The number of benzene rings is 3. The molecule has 0 N–H and O–H groups in total. The lowest BCUT2D eigenvalue weighted by molar-refractivity contribution is 0.0740. The molecule has 0 unspecified atom stereocenters. The summed E-state index contributed by atoms with van der Waals surface area (Å²) >= 11 is 8.05. The van der Waals surface area contributed by atoms with Gasteiger partial charge in [-0.1, -0.05) is 77.8 Å². The lowest BCUT2D eigenvalue weighted by Crippen LogP contribution is -2.07. The zero-order chi connectivity index (χ0) is 21.4. The summed E-state index contributed by atoms with van der Waals surface area (Å²) in [6.45, 7) is 2.04. The Kier molecular flexibility index (Phi) is 5.06. The van der Waals surface area contributed by atoms with Crippen LogP contribution in [0, 0.1) is 6.92 Å². The third-order valence-corrected chi connectivity index (χ3v) is 6.56. The van der Waals surface area contributed by atoms with Crippen LogP contribution in [0.25, 0.3) is 27.2 Å². The van der Waals surface area contributed by atoms with E-state index in [1.54, 1.807) is 12.1 Å². The number of aryl methyl sites for hydroxylation is 1. The van der Waals surface area contributed by atoms with Crippen molar-refractivity contribution >= 4 is 39.1 Å². The molecule has 2 aromatic heterocycles. The van der Waals surface area contributed by atoms with Crippen LogP contribution in [0.15, 0.2) is 84.9 Å². The van der Waals surface area contributed by atoms with Gasteiger partial charge in [0.1, 0.15) is 21.2 Å². The van der Waals surface area contributed by atoms with Crippen molar-refractivity contribution in [1.82, 2.24) is 9.78 Å². The van der Waals surface area contributed by atoms with E-state index < -0.39 is 5.97 Å². The molecule has 0 amide bonds. The van der Waals surface area contributed by atoms with E-state index in [1.165, 1.54) is 11.3 Å². The van der Waals surface area contributed by atoms with E-state index in [2.05, 4.69) is 0 Å². The first-order valence-electron chi connectivity index (χ1n) is 9.72. The van der Waals surface area contributed by atoms with Gasteiger partial charge >= 0.3 is 5.97 Å². The Labute approximate surface area is 188 Å². The molecule has 4 nitrogen and oxygen atoms in total. The molecule has 0 spiro atoms. The average molecular weight is 445 g/mol. The second-order valence-electron chi connectivity index (χ2n) is 7.09. The van der Waals surface area contributed by atoms with Gasteiger partial charge in [-0.15, -0.1) is 11.3 Å². The molecule has 31 heavy (non-hydrogen) atoms. The average Bonchev–Trinajstić information content (AvgIpc) is 3.34. The van der Waals surface area contributed by atoms with Crippen LogP contribution in [-0.2, 0) is 0 Å². The minimum absolute atomic E-state index is 0.357. The molecule has 0 saturated carbocycles. The van der Waals surface area contributed by atoms with Crippen molar-refractivity contribution in [1.29, 1.82) is 0 Å². The molecular formula is C25H17ClN2O2S. The number of carbonyl (C=O) groups is 1.